The number of esters is 1. The van der Waals surface area contributed by atoms with Crippen molar-refractivity contribution in [2.24, 2.45) is 0 Å². The molecule has 2 aromatic carbocycles. The van der Waals surface area contributed by atoms with Gasteiger partial charge in [-0.25, -0.2) is 9.59 Å². The smallest absolute Gasteiger partial charge is 0.338 e. The standard InChI is InChI=1S/C23H24N2O5/c1-4-9-15-12-16(13-17(29-3)21(15)26)20-18(22(27)30-5-2)19(24-23(28)25-20)14-10-7-6-8-11-14/h4,6-8,10-13,20,26H,1,5,9H2,2-3H3,(H2,24,25,28). The molecule has 2 amide bonds. The predicted molar refractivity (Wildman–Crippen MR) is 113 cm³/mol. The summed E-state index contributed by atoms with van der Waals surface area (Å²) >= 11 is 0. The lowest BCUT2D eigenvalue weighted by atomic mass is 9.91. The molecule has 1 atom stereocenters. The van der Waals surface area contributed by atoms with Crippen LogP contribution in [-0.2, 0) is 16.0 Å². The maximum atomic E-state index is 12.9. The Bertz CT molecular complexity index is 998. The van der Waals surface area contributed by atoms with Gasteiger partial charge in [0, 0.05) is 5.56 Å². The van der Waals surface area contributed by atoms with Gasteiger partial charge in [0.1, 0.15) is 0 Å². The Balaban J connectivity index is 2.23. The largest absolute Gasteiger partial charge is 0.504 e. The summed E-state index contributed by atoms with van der Waals surface area (Å²) in [6.07, 6.45) is 2.04. The summed E-state index contributed by atoms with van der Waals surface area (Å²) in [4.78, 5) is 25.4. The second kappa shape index (κ2) is 9.17. The van der Waals surface area contributed by atoms with Crippen molar-refractivity contribution >= 4 is 17.7 Å². The maximum absolute atomic E-state index is 12.9. The number of hydrogen-bond donors (Lipinski definition) is 3. The molecule has 0 saturated heterocycles. The molecule has 7 nitrogen and oxygen atoms in total. The van der Waals surface area contributed by atoms with Gasteiger partial charge >= 0.3 is 12.0 Å². The summed E-state index contributed by atoms with van der Waals surface area (Å²) in [5, 5.41) is 15.9. The van der Waals surface area contributed by atoms with E-state index in [4.69, 9.17) is 9.47 Å². The van der Waals surface area contributed by atoms with Gasteiger partial charge in [-0.1, -0.05) is 36.4 Å². The first-order chi connectivity index (χ1) is 14.5. The summed E-state index contributed by atoms with van der Waals surface area (Å²) in [5.74, 6) is -0.320. The lowest BCUT2D eigenvalue weighted by molar-refractivity contribution is -0.138. The first-order valence-corrected chi connectivity index (χ1v) is 9.55. The monoisotopic (exact) mass is 408 g/mol. The second-order valence-electron chi connectivity index (χ2n) is 6.63. The minimum Gasteiger partial charge on any atom is -0.504 e. The molecule has 2 aromatic rings. The third-order valence-electron chi connectivity index (χ3n) is 4.72. The van der Waals surface area contributed by atoms with Gasteiger partial charge in [0.2, 0.25) is 0 Å². The fraction of sp³-hybridized carbons (Fsp3) is 0.217. The average Bonchev–Trinajstić information content (AvgIpc) is 2.75. The van der Waals surface area contributed by atoms with Crippen molar-refractivity contribution in [1.29, 1.82) is 0 Å². The molecule has 0 aliphatic carbocycles. The predicted octanol–water partition coefficient (Wildman–Crippen LogP) is 3.46. The molecule has 0 saturated carbocycles. The quantitative estimate of drug-likeness (QED) is 0.482. The number of allylic oxidation sites excluding steroid dienone is 1. The fourth-order valence-electron chi connectivity index (χ4n) is 3.40. The van der Waals surface area contributed by atoms with Crippen molar-refractivity contribution in [2.45, 2.75) is 19.4 Å². The van der Waals surface area contributed by atoms with Crippen molar-refractivity contribution in [3.05, 3.63) is 77.4 Å². The van der Waals surface area contributed by atoms with E-state index < -0.39 is 18.0 Å². The van der Waals surface area contributed by atoms with Crippen LogP contribution in [0.2, 0.25) is 0 Å². The number of urea groups is 1. The van der Waals surface area contributed by atoms with Gasteiger partial charge in [-0.2, -0.15) is 0 Å². The first kappa shape index (κ1) is 21.0. The zero-order valence-corrected chi connectivity index (χ0v) is 16.9. The fourth-order valence-corrected chi connectivity index (χ4v) is 3.40. The number of benzene rings is 2. The van der Waals surface area contributed by atoms with E-state index in [0.717, 1.165) is 0 Å². The third-order valence-corrected chi connectivity index (χ3v) is 4.72. The van der Waals surface area contributed by atoms with Crippen LogP contribution in [0, 0.1) is 0 Å². The Morgan fingerprint density at radius 1 is 1.27 bits per heavy atom. The normalized spacial score (nSPS) is 15.8. The van der Waals surface area contributed by atoms with Crippen LogP contribution < -0.4 is 15.4 Å². The summed E-state index contributed by atoms with van der Waals surface area (Å²) in [6.45, 7) is 5.62. The number of amides is 2. The summed E-state index contributed by atoms with van der Waals surface area (Å²) in [7, 11) is 1.44. The van der Waals surface area contributed by atoms with Crippen LogP contribution in [0.25, 0.3) is 5.70 Å². The molecule has 156 valence electrons. The Morgan fingerprint density at radius 2 is 2.00 bits per heavy atom. The SMILES string of the molecule is C=CCc1cc(C2NC(=O)NC(c3ccccc3)=C2C(=O)OCC)cc(OC)c1O. The van der Waals surface area contributed by atoms with Gasteiger partial charge in [-0.3, -0.25) is 0 Å². The Kier molecular flexibility index (Phi) is 6.41. The summed E-state index contributed by atoms with van der Waals surface area (Å²) in [6, 6.07) is 11.2. The topological polar surface area (TPSA) is 96.9 Å². The third kappa shape index (κ3) is 4.15. The number of carbonyl (C=O) groups excluding carboxylic acids is 2. The van der Waals surface area contributed by atoms with Gasteiger partial charge < -0.3 is 25.2 Å². The van der Waals surface area contributed by atoms with E-state index in [1.807, 2.05) is 18.2 Å². The highest BCUT2D eigenvalue weighted by atomic mass is 16.5. The van der Waals surface area contributed by atoms with Crippen LogP contribution in [0.4, 0.5) is 4.79 Å². The van der Waals surface area contributed by atoms with Gasteiger partial charge in [0.05, 0.1) is 31.0 Å². The number of rotatable bonds is 7. The molecule has 1 aliphatic heterocycles. The van der Waals surface area contributed by atoms with Gasteiger partial charge in [-0.05, 0) is 36.6 Å². The highest BCUT2D eigenvalue weighted by molar-refractivity contribution is 6.04. The summed E-state index contributed by atoms with van der Waals surface area (Å²) in [5.41, 5.74) is 2.46. The molecule has 1 aliphatic rings. The van der Waals surface area contributed by atoms with Crippen molar-refractivity contribution in [3.63, 3.8) is 0 Å². The number of aromatic hydroxyl groups is 1. The van der Waals surface area contributed by atoms with Gasteiger partial charge in [0.25, 0.3) is 0 Å². The molecule has 0 fully saturated rings. The lowest BCUT2D eigenvalue weighted by Gasteiger charge is -2.30. The molecular weight excluding hydrogens is 384 g/mol. The van der Waals surface area contributed by atoms with Crippen LogP contribution in [0.5, 0.6) is 11.5 Å². The van der Waals surface area contributed by atoms with Crippen molar-refractivity contribution in [1.82, 2.24) is 10.6 Å². The van der Waals surface area contributed by atoms with Crippen LogP contribution in [0.3, 0.4) is 0 Å². The van der Waals surface area contributed by atoms with E-state index >= 15 is 0 Å². The zero-order chi connectivity index (χ0) is 21.7. The van der Waals surface area contributed by atoms with E-state index in [2.05, 4.69) is 17.2 Å². The maximum Gasteiger partial charge on any atom is 0.338 e. The van der Waals surface area contributed by atoms with Crippen molar-refractivity contribution in [2.75, 3.05) is 13.7 Å². The molecule has 0 bridgehead atoms. The molecule has 0 aromatic heterocycles. The molecule has 1 heterocycles. The van der Waals surface area contributed by atoms with Crippen LogP contribution in [-0.4, -0.2) is 30.8 Å². The lowest BCUT2D eigenvalue weighted by Crippen LogP contribution is -2.45. The Hall–Kier alpha value is -3.74. The number of phenolic OH excluding ortho intramolecular Hbond substituents is 1. The van der Waals surface area contributed by atoms with E-state index in [9.17, 15) is 14.7 Å². The van der Waals surface area contributed by atoms with Crippen molar-refractivity contribution in [3.8, 4) is 11.5 Å². The second-order valence-corrected chi connectivity index (χ2v) is 6.63. The van der Waals surface area contributed by atoms with Crippen molar-refractivity contribution < 1.29 is 24.2 Å². The molecule has 7 heteroatoms. The number of ether oxygens (including phenoxy) is 2. The summed E-state index contributed by atoms with van der Waals surface area (Å²) < 4.78 is 10.6. The number of phenols is 1. The molecule has 3 rings (SSSR count). The van der Waals surface area contributed by atoms with Gasteiger partial charge in [-0.15, -0.1) is 6.58 Å². The number of carbonyl (C=O) groups is 2. The van der Waals surface area contributed by atoms with E-state index in [0.29, 0.717) is 28.8 Å². The molecule has 3 N–H and O–H groups in total. The Morgan fingerprint density at radius 3 is 2.63 bits per heavy atom. The van der Waals surface area contributed by atoms with E-state index in [1.165, 1.54) is 7.11 Å². The highest BCUT2D eigenvalue weighted by Crippen LogP contribution is 2.38. The highest BCUT2D eigenvalue weighted by Gasteiger charge is 2.35. The van der Waals surface area contributed by atoms with Crippen LogP contribution in [0.15, 0.2) is 60.7 Å². The van der Waals surface area contributed by atoms with Crippen LogP contribution >= 0.6 is 0 Å². The minimum absolute atomic E-state index is 0.00800. The van der Waals surface area contributed by atoms with Gasteiger partial charge in [0.15, 0.2) is 11.5 Å². The number of methoxy groups -OCH3 is 1. The van der Waals surface area contributed by atoms with E-state index in [1.54, 1.807) is 37.3 Å². The number of nitrogens with one attached hydrogen (secondary N) is 2. The molecule has 1 unspecified atom stereocenters. The zero-order valence-electron chi connectivity index (χ0n) is 16.9. The number of hydrogen-bond acceptors (Lipinski definition) is 5. The minimum atomic E-state index is -0.800. The molecule has 0 radical (unpaired) electrons. The van der Waals surface area contributed by atoms with Crippen LogP contribution in [0.1, 0.15) is 29.7 Å². The first-order valence-electron chi connectivity index (χ1n) is 9.55. The molecule has 30 heavy (non-hydrogen) atoms. The van der Waals surface area contributed by atoms with E-state index in [-0.39, 0.29) is 23.7 Å². The Labute approximate surface area is 175 Å². The molecular formula is C23H24N2O5. The molecule has 0 spiro atoms. The average molecular weight is 408 g/mol.